The summed E-state index contributed by atoms with van der Waals surface area (Å²) in [6.07, 6.45) is 4.63. The highest BCUT2D eigenvalue weighted by Gasteiger charge is 2.49. The minimum atomic E-state index is -0.750. The molecule has 1 aromatic carbocycles. The predicted octanol–water partition coefficient (Wildman–Crippen LogP) is 3.06. The van der Waals surface area contributed by atoms with Gasteiger partial charge >= 0.3 is 0 Å². The normalized spacial score (nSPS) is 19.9. The summed E-state index contributed by atoms with van der Waals surface area (Å²) in [5.74, 6) is -0.198. The number of aromatic nitrogens is 1. The fraction of sp³-hybridized carbons (Fsp3) is 0.368. The van der Waals surface area contributed by atoms with E-state index in [2.05, 4.69) is 5.32 Å². The number of likely N-dealkylation sites (tertiary alicyclic amines) is 1. The van der Waals surface area contributed by atoms with Crippen LogP contribution in [0.25, 0.3) is 5.69 Å². The number of amides is 2. The van der Waals surface area contributed by atoms with Crippen LogP contribution in [0, 0.1) is 5.92 Å². The van der Waals surface area contributed by atoms with E-state index in [1.54, 1.807) is 4.90 Å². The molecule has 0 aliphatic carbocycles. The van der Waals surface area contributed by atoms with Gasteiger partial charge in [0.2, 0.25) is 11.8 Å². The summed E-state index contributed by atoms with van der Waals surface area (Å²) in [4.78, 5) is 26.6. The first-order valence-electron chi connectivity index (χ1n) is 8.28. The molecule has 1 saturated heterocycles. The lowest BCUT2D eigenvalue weighted by molar-refractivity contribution is -0.157. The highest BCUT2D eigenvalue weighted by atomic mass is 16.2. The zero-order valence-electron chi connectivity index (χ0n) is 14.3. The molecule has 3 rings (SSSR count). The average molecular weight is 325 g/mol. The van der Waals surface area contributed by atoms with Crippen LogP contribution < -0.4 is 5.32 Å². The quantitative estimate of drug-likeness (QED) is 0.939. The van der Waals surface area contributed by atoms with Gasteiger partial charge in [0, 0.05) is 36.2 Å². The zero-order chi connectivity index (χ0) is 17.3. The molecule has 2 heterocycles. The first kappa shape index (κ1) is 16.3. The van der Waals surface area contributed by atoms with Crippen LogP contribution in [0.2, 0.25) is 0 Å². The van der Waals surface area contributed by atoms with Gasteiger partial charge in [-0.2, -0.15) is 0 Å². The fourth-order valence-electron chi connectivity index (χ4n) is 2.95. The Balaban J connectivity index is 1.69. The van der Waals surface area contributed by atoms with E-state index in [-0.39, 0.29) is 17.7 Å². The molecular weight excluding hydrogens is 302 g/mol. The number of nitrogens with zero attached hydrogens (tertiary/aromatic N) is 2. The van der Waals surface area contributed by atoms with E-state index < -0.39 is 5.54 Å². The molecule has 24 heavy (non-hydrogen) atoms. The monoisotopic (exact) mass is 325 g/mol. The van der Waals surface area contributed by atoms with Crippen molar-refractivity contribution in [2.24, 2.45) is 5.92 Å². The van der Waals surface area contributed by atoms with Crippen molar-refractivity contribution in [1.29, 1.82) is 0 Å². The van der Waals surface area contributed by atoms with Crippen molar-refractivity contribution < 1.29 is 9.59 Å². The maximum atomic E-state index is 12.7. The summed E-state index contributed by atoms with van der Waals surface area (Å²) in [5, 5.41) is 2.94. The third-order valence-corrected chi connectivity index (χ3v) is 4.69. The Bertz CT molecular complexity index is 734. The molecule has 5 nitrogen and oxygen atoms in total. The van der Waals surface area contributed by atoms with Crippen molar-refractivity contribution in [3.63, 3.8) is 0 Å². The minimum Gasteiger partial charge on any atom is -0.328 e. The lowest BCUT2D eigenvalue weighted by Crippen LogP contribution is -2.66. The molecule has 1 unspecified atom stereocenters. The van der Waals surface area contributed by atoms with Crippen LogP contribution in [0.1, 0.15) is 27.2 Å². The van der Waals surface area contributed by atoms with E-state index >= 15 is 0 Å². The molecule has 0 bridgehead atoms. The first-order chi connectivity index (χ1) is 11.4. The number of carbonyl (C=O) groups is 2. The first-order valence-corrected chi connectivity index (χ1v) is 8.28. The topological polar surface area (TPSA) is 54.3 Å². The smallest absolute Gasteiger partial charge is 0.250 e. The Hall–Kier alpha value is -2.56. The van der Waals surface area contributed by atoms with Crippen LogP contribution in [0.15, 0.2) is 48.8 Å². The Morgan fingerprint density at radius 1 is 1.12 bits per heavy atom. The summed E-state index contributed by atoms with van der Waals surface area (Å²) in [6, 6.07) is 11.6. The number of nitrogens with one attached hydrogen (secondary N) is 1. The predicted molar refractivity (Wildman–Crippen MR) is 94.0 cm³/mol. The van der Waals surface area contributed by atoms with Gasteiger partial charge in [0.25, 0.3) is 0 Å². The van der Waals surface area contributed by atoms with Crippen LogP contribution in [0.5, 0.6) is 0 Å². The van der Waals surface area contributed by atoms with E-state index in [0.717, 1.165) is 11.4 Å². The van der Waals surface area contributed by atoms with E-state index in [0.29, 0.717) is 13.0 Å². The molecule has 1 aromatic heterocycles. The number of rotatable bonds is 4. The van der Waals surface area contributed by atoms with Gasteiger partial charge in [0.1, 0.15) is 5.54 Å². The van der Waals surface area contributed by atoms with E-state index in [1.807, 2.05) is 74.1 Å². The molecule has 2 amide bonds. The van der Waals surface area contributed by atoms with Crippen LogP contribution in [-0.4, -0.2) is 33.4 Å². The maximum Gasteiger partial charge on any atom is 0.250 e. The van der Waals surface area contributed by atoms with Crippen molar-refractivity contribution in [1.82, 2.24) is 9.47 Å². The molecular formula is C19H23N3O2. The fourth-order valence-corrected chi connectivity index (χ4v) is 2.95. The van der Waals surface area contributed by atoms with Crippen LogP contribution in [0.3, 0.4) is 0 Å². The lowest BCUT2D eigenvalue weighted by atomic mass is 9.84. The second kappa shape index (κ2) is 6.15. The van der Waals surface area contributed by atoms with Crippen molar-refractivity contribution in [2.75, 3.05) is 11.9 Å². The third-order valence-electron chi connectivity index (χ3n) is 4.69. The van der Waals surface area contributed by atoms with Crippen LogP contribution >= 0.6 is 0 Å². The molecule has 0 saturated carbocycles. The Morgan fingerprint density at radius 3 is 2.25 bits per heavy atom. The number of carbonyl (C=O) groups excluding carboxylic acids is 2. The maximum absolute atomic E-state index is 12.7. The Morgan fingerprint density at radius 2 is 1.75 bits per heavy atom. The Labute approximate surface area is 142 Å². The molecule has 1 N–H and O–H groups in total. The Kier molecular flexibility index (Phi) is 4.18. The summed E-state index contributed by atoms with van der Waals surface area (Å²) in [7, 11) is 0. The summed E-state index contributed by atoms with van der Waals surface area (Å²) >= 11 is 0. The largest absolute Gasteiger partial charge is 0.328 e. The number of hydrogen-bond donors (Lipinski definition) is 1. The SMILES string of the molecule is CC(C)C(=O)N1CCC1(C)C(=O)Nc1ccc(-n2cccc2)cc1. The molecule has 1 atom stereocenters. The van der Waals surface area contributed by atoms with E-state index in [1.165, 1.54) is 0 Å². The molecule has 0 radical (unpaired) electrons. The molecule has 126 valence electrons. The summed E-state index contributed by atoms with van der Waals surface area (Å²) < 4.78 is 2.00. The second-order valence-electron chi connectivity index (χ2n) is 6.76. The van der Waals surface area contributed by atoms with Crippen LogP contribution in [0.4, 0.5) is 5.69 Å². The highest BCUT2D eigenvalue weighted by molar-refractivity contribution is 6.01. The van der Waals surface area contributed by atoms with Gasteiger partial charge in [0.15, 0.2) is 0 Å². The van der Waals surface area contributed by atoms with Gasteiger partial charge < -0.3 is 14.8 Å². The van der Waals surface area contributed by atoms with Gasteiger partial charge in [0.05, 0.1) is 0 Å². The highest BCUT2D eigenvalue weighted by Crippen LogP contribution is 2.33. The standard InChI is InChI=1S/C19H23N3O2/c1-14(2)17(23)22-13-10-19(22,3)18(24)20-15-6-8-16(9-7-15)21-11-4-5-12-21/h4-9,11-12,14H,10,13H2,1-3H3,(H,20,24). The molecule has 1 aliphatic rings. The number of anilines is 1. The molecule has 1 aliphatic heterocycles. The van der Waals surface area contributed by atoms with Gasteiger partial charge in [-0.15, -0.1) is 0 Å². The molecule has 5 heteroatoms. The third kappa shape index (κ3) is 2.82. The average Bonchev–Trinajstić information content (AvgIpc) is 3.08. The van der Waals surface area contributed by atoms with Crippen molar-refractivity contribution >= 4 is 17.5 Å². The van der Waals surface area contributed by atoms with Crippen molar-refractivity contribution in [3.8, 4) is 5.69 Å². The molecule has 1 fully saturated rings. The van der Waals surface area contributed by atoms with Crippen LogP contribution in [-0.2, 0) is 9.59 Å². The van der Waals surface area contributed by atoms with Gasteiger partial charge in [-0.25, -0.2) is 0 Å². The number of hydrogen-bond acceptors (Lipinski definition) is 2. The van der Waals surface area contributed by atoms with E-state index in [9.17, 15) is 9.59 Å². The summed E-state index contributed by atoms with van der Waals surface area (Å²) in [5.41, 5.74) is 1.02. The van der Waals surface area contributed by atoms with Gasteiger partial charge in [-0.3, -0.25) is 9.59 Å². The van der Waals surface area contributed by atoms with Gasteiger partial charge in [-0.1, -0.05) is 13.8 Å². The number of benzene rings is 1. The summed E-state index contributed by atoms with van der Waals surface area (Å²) in [6.45, 7) is 6.20. The molecule has 0 spiro atoms. The van der Waals surface area contributed by atoms with Gasteiger partial charge in [-0.05, 0) is 49.7 Å². The zero-order valence-corrected chi connectivity index (χ0v) is 14.3. The second-order valence-corrected chi connectivity index (χ2v) is 6.76. The lowest BCUT2D eigenvalue weighted by Gasteiger charge is -2.49. The molecule has 2 aromatic rings. The minimum absolute atomic E-state index is 0.0295. The van der Waals surface area contributed by atoms with E-state index in [4.69, 9.17) is 0 Å². The van der Waals surface area contributed by atoms with Crippen molar-refractivity contribution in [2.45, 2.75) is 32.7 Å². The van der Waals surface area contributed by atoms with Crippen molar-refractivity contribution in [3.05, 3.63) is 48.8 Å².